The second-order valence-corrected chi connectivity index (χ2v) is 6.35. The lowest BCUT2D eigenvalue weighted by Gasteiger charge is -2.13. The highest BCUT2D eigenvalue weighted by atomic mass is 35.5. The summed E-state index contributed by atoms with van der Waals surface area (Å²) < 4.78 is 0. The van der Waals surface area contributed by atoms with E-state index in [-0.39, 0.29) is 0 Å². The third kappa shape index (κ3) is 3.06. The fraction of sp³-hybridized carbons (Fsp3) is 0.0476. The minimum Gasteiger partial charge on any atom is -0.399 e. The van der Waals surface area contributed by atoms with Crippen LogP contribution >= 0.6 is 11.6 Å². The fourth-order valence-corrected chi connectivity index (χ4v) is 3.28. The van der Waals surface area contributed by atoms with Gasteiger partial charge in [-0.1, -0.05) is 66.2 Å². The molecule has 0 saturated heterocycles. The maximum atomic E-state index is 6.33. The fourth-order valence-electron chi connectivity index (χ4n) is 3.06. The molecule has 0 bridgehead atoms. The van der Waals surface area contributed by atoms with Crippen molar-refractivity contribution < 1.29 is 0 Å². The Hall–Kier alpha value is -2.91. The van der Waals surface area contributed by atoms with E-state index >= 15 is 0 Å². The molecular weight excluding hydrogens is 330 g/mol. The van der Waals surface area contributed by atoms with E-state index in [2.05, 4.69) is 22.3 Å². The number of nitrogens with two attached hydrogens (primary N) is 1. The number of rotatable bonds is 3. The molecule has 1 aromatic heterocycles. The molecule has 122 valence electrons. The third-order valence-electron chi connectivity index (χ3n) is 4.21. The van der Waals surface area contributed by atoms with E-state index in [1.165, 1.54) is 5.56 Å². The van der Waals surface area contributed by atoms with Crippen molar-refractivity contribution in [3.05, 3.63) is 89.1 Å². The Morgan fingerprint density at radius 3 is 2.44 bits per heavy atom. The number of nitrogen functional groups attached to an aromatic ring is 1. The molecule has 4 rings (SSSR count). The first-order chi connectivity index (χ1) is 12.2. The normalized spacial score (nSPS) is 10.9. The van der Waals surface area contributed by atoms with E-state index in [9.17, 15) is 0 Å². The Bertz CT molecular complexity index is 1050. The summed E-state index contributed by atoms with van der Waals surface area (Å²) in [6, 6.07) is 23.9. The molecule has 4 heteroatoms. The monoisotopic (exact) mass is 345 g/mol. The van der Waals surface area contributed by atoms with E-state index in [1.54, 1.807) is 0 Å². The van der Waals surface area contributed by atoms with Crippen LogP contribution in [0.5, 0.6) is 0 Å². The van der Waals surface area contributed by atoms with Gasteiger partial charge >= 0.3 is 0 Å². The summed E-state index contributed by atoms with van der Waals surface area (Å²) in [7, 11) is 0. The zero-order chi connectivity index (χ0) is 17.2. The van der Waals surface area contributed by atoms with E-state index in [1.807, 2.05) is 60.7 Å². The minimum absolute atomic E-state index is 0.599. The van der Waals surface area contributed by atoms with Crippen LogP contribution in [0.15, 0.2) is 72.8 Å². The SMILES string of the molecule is Nc1cccc(-c2c(Cc3ccccc3)nnc3c(Cl)cccc23)c1. The molecule has 0 saturated carbocycles. The van der Waals surface area contributed by atoms with Crippen LogP contribution in [0.4, 0.5) is 5.69 Å². The number of fused-ring (bicyclic) bond motifs is 1. The van der Waals surface area contributed by atoms with Crippen LogP contribution in [0.1, 0.15) is 11.3 Å². The van der Waals surface area contributed by atoms with Gasteiger partial charge in [0, 0.05) is 23.1 Å². The largest absolute Gasteiger partial charge is 0.399 e. The summed E-state index contributed by atoms with van der Waals surface area (Å²) >= 11 is 6.33. The third-order valence-corrected chi connectivity index (χ3v) is 4.51. The molecule has 0 radical (unpaired) electrons. The van der Waals surface area contributed by atoms with Gasteiger partial charge < -0.3 is 5.73 Å². The summed E-state index contributed by atoms with van der Waals surface area (Å²) in [5.41, 5.74) is 11.6. The van der Waals surface area contributed by atoms with Crippen molar-refractivity contribution in [1.29, 1.82) is 0 Å². The Kier molecular flexibility index (Phi) is 4.08. The highest BCUT2D eigenvalue weighted by molar-refractivity contribution is 6.35. The summed E-state index contributed by atoms with van der Waals surface area (Å²) in [5.74, 6) is 0. The van der Waals surface area contributed by atoms with Crippen molar-refractivity contribution in [3.63, 3.8) is 0 Å². The first kappa shape index (κ1) is 15.6. The topological polar surface area (TPSA) is 51.8 Å². The zero-order valence-electron chi connectivity index (χ0n) is 13.5. The van der Waals surface area contributed by atoms with E-state index in [4.69, 9.17) is 17.3 Å². The van der Waals surface area contributed by atoms with Gasteiger partial charge in [-0.05, 0) is 29.3 Å². The van der Waals surface area contributed by atoms with Gasteiger partial charge in [0.15, 0.2) is 0 Å². The number of hydrogen-bond donors (Lipinski definition) is 1. The van der Waals surface area contributed by atoms with Crippen LogP contribution in [-0.2, 0) is 6.42 Å². The van der Waals surface area contributed by atoms with Gasteiger partial charge in [0.2, 0.25) is 0 Å². The highest BCUT2D eigenvalue weighted by Gasteiger charge is 2.15. The molecule has 0 fully saturated rings. The molecule has 0 unspecified atom stereocenters. The summed E-state index contributed by atoms with van der Waals surface area (Å²) in [4.78, 5) is 0. The Balaban J connectivity index is 1.98. The molecule has 0 aliphatic rings. The maximum absolute atomic E-state index is 6.33. The maximum Gasteiger partial charge on any atom is 0.112 e. The van der Waals surface area contributed by atoms with Crippen LogP contribution < -0.4 is 5.73 Å². The molecule has 4 aromatic rings. The van der Waals surface area contributed by atoms with Gasteiger partial charge in [-0.15, -0.1) is 5.10 Å². The van der Waals surface area contributed by atoms with Crippen LogP contribution in [0.2, 0.25) is 5.02 Å². The number of benzene rings is 3. The number of anilines is 1. The molecule has 0 aliphatic carbocycles. The summed E-state index contributed by atoms with van der Waals surface area (Å²) in [6.07, 6.45) is 0.695. The van der Waals surface area contributed by atoms with Gasteiger partial charge in [-0.2, -0.15) is 5.10 Å². The summed E-state index contributed by atoms with van der Waals surface area (Å²) in [5, 5.41) is 10.4. The van der Waals surface area contributed by atoms with Gasteiger partial charge in [0.1, 0.15) is 5.52 Å². The van der Waals surface area contributed by atoms with Crippen molar-refractivity contribution in [1.82, 2.24) is 10.2 Å². The molecule has 0 spiro atoms. The number of hydrogen-bond acceptors (Lipinski definition) is 3. The Morgan fingerprint density at radius 2 is 1.64 bits per heavy atom. The van der Waals surface area contributed by atoms with Crippen molar-refractivity contribution in [2.24, 2.45) is 0 Å². The van der Waals surface area contributed by atoms with Crippen LogP contribution in [-0.4, -0.2) is 10.2 Å². The van der Waals surface area contributed by atoms with Crippen molar-refractivity contribution >= 4 is 28.2 Å². The van der Waals surface area contributed by atoms with E-state index in [0.717, 1.165) is 27.9 Å². The van der Waals surface area contributed by atoms with E-state index < -0.39 is 0 Å². The molecular formula is C21H16ClN3. The van der Waals surface area contributed by atoms with Crippen LogP contribution in [0.3, 0.4) is 0 Å². The van der Waals surface area contributed by atoms with Gasteiger partial charge in [-0.3, -0.25) is 0 Å². The Labute approximate surface area is 151 Å². The molecule has 0 aliphatic heterocycles. The molecule has 0 amide bonds. The van der Waals surface area contributed by atoms with Gasteiger partial charge in [-0.25, -0.2) is 0 Å². The molecule has 1 heterocycles. The Morgan fingerprint density at radius 1 is 0.840 bits per heavy atom. The van der Waals surface area contributed by atoms with Crippen molar-refractivity contribution in [2.45, 2.75) is 6.42 Å². The molecule has 3 aromatic carbocycles. The predicted molar refractivity (Wildman–Crippen MR) is 104 cm³/mol. The average molecular weight is 346 g/mol. The number of aromatic nitrogens is 2. The van der Waals surface area contributed by atoms with E-state index in [0.29, 0.717) is 17.0 Å². The minimum atomic E-state index is 0.599. The molecule has 2 N–H and O–H groups in total. The molecule has 0 atom stereocenters. The van der Waals surface area contributed by atoms with Crippen molar-refractivity contribution in [2.75, 3.05) is 5.73 Å². The van der Waals surface area contributed by atoms with Gasteiger partial charge in [0.05, 0.1) is 10.7 Å². The lowest BCUT2D eigenvalue weighted by atomic mass is 9.96. The number of nitrogens with zero attached hydrogens (tertiary/aromatic N) is 2. The lowest BCUT2D eigenvalue weighted by Crippen LogP contribution is -2.01. The molecule has 25 heavy (non-hydrogen) atoms. The number of halogens is 1. The second-order valence-electron chi connectivity index (χ2n) is 5.95. The summed E-state index contributed by atoms with van der Waals surface area (Å²) in [6.45, 7) is 0. The first-order valence-electron chi connectivity index (χ1n) is 8.06. The standard InChI is InChI=1S/C21H16ClN3/c22-18-11-5-10-17-20(15-8-4-9-16(23)13-15)19(24-25-21(17)18)12-14-6-2-1-3-7-14/h1-11,13H,12,23H2. The average Bonchev–Trinajstić information content (AvgIpc) is 2.62. The van der Waals surface area contributed by atoms with Crippen molar-refractivity contribution in [3.8, 4) is 11.1 Å². The smallest absolute Gasteiger partial charge is 0.112 e. The molecule has 3 nitrogen and oxygen atoms in total. The second kappa shape index (κ2) is 6.54. The zero-order valence-corrected chi connectivity index (χ0v) is 14.2. The van der Waals surface area contributed by atoms with Crippen LogP contribution in [0.25, 0.3) is 22.0 Å². The highest BCUT2D eigenvalue weighted by Crippen LogP contribution is 2.34. The first-order valence-corrected chi connectivity index (χ1v) is 8.44. The van der Waals surface area contributed by atoms with Gasteiger partial charge in [0.25, 0.3) is 0 Å². The lowest BCUT2D eigenvalue weighted by molar-refractivity contribution is 0.969. The predicted octanol–water partition coefficient (Wildman–Crippen LogP) is 5.12. The van der Waals surface area contributed by atoms with Crippen LogP contribution in [0, 0.1) is 0 Å². The quantitative estimate of drug-likeness (QED) is 0.524.